The lowest BCUT2D eigenvalue weighted by molar-refractivity contribution is 0.0684. The van der Waals surface area contributed by atoms with Crippen LogP contribution in [-0.4, -0.2) is 39.1 Å². The summed E-state index contributed by atoms with van der Waals surface area (Å²) in [7, 11) is 0. The molecule has 0 aromatic heterocycles. The van der Waals surface area contributed by atoms with Crippen molar-refractivity contribution in [2.24, 2.45) is 0 Å². The quantitative estimate of drug-likeness (QED) is 0.729. The molecule has 0 bridgehead atoms. The van der Waals surface area contributed by atoms with Crippen molar-refractivity contribution in [3.8, 4) is 5.75 Å². The fraction of sp³-hybridized carbons (Fsp3) is 0. The van der Waals surface area contributed by atoms with Gasteiger partial charge in [0.05, 0.1) is 22.4 Å². The largest absolute Gasteiger partial charge is 0.505 e. The van der Waals surface area contributed by atoms with Crippen LogP contribution in [0.3, 0.4) is 0 Å². The second-order valence-corrected chi connectivity index (χ2v) is 4.99. The Kier molecular flexibility index (Phi) is 3.30. The van der Waals surface area contributed by atoms with Crippen molar-refractivity contribution in [1.82, 2.24) is 0 Å². The average molecular weight is 327 g/mol. The van der Waals surface area contributed by atoms with E-state index in [4.69, 9.17) is 10.2 Å². The zero-order valence-electron chi connectivity index (χ0n) is 11.9. The van der Waals surface area contributed by atoms with Crippen molar-refractivity contribution in [3.63, 3.8) is 0 Å². The van der Waals surface area contributed by atoms with Gasteiger partial charge < -0.3 is 15.3 Å². The van der Waals surface area contributed by atoms with Crippen molar-refractivity contribution < 1.29 is 34.5 Å². The molecule has 0 saturated carbocycles. The molecule has 1 aliphatic heterocycles. The minimum absolute atomic E-state index is 0.0230. The molecule has 120 valence electrons. The summed E-state index contributed by atoms with van der Waals surface area (Å²) in [6.07, 6.45) is 0. The third kappa shape index (κ3) is 2.09. The maximum absolute atomic E-state index is 12.5. The van der Waals surface area contributed by atoms with Gasteiger partial charge in [-0.2, -0.15) is 0 Å². The van der Waals surface area contributed by atoms with Crippen molar-refractivity contribution in [2.75, 3.05) is 4.90 Å². The molecular formula is C16H9NO7. The number of aromatic hydroxyl groups is 1. The van der Waals surface area contributed by atoms with E-state index in [0.29, 0.717) is 4.90 Å². The van der Waals surface area contributed by atoms with Crippen LogP contribution >= 0.6 is 0 Å². The van der Waals surface area contributed by atoms with Gasteiger partial charge in [-0.1, -0.05) is 6.07 Å². The number of rotatable bonds is 3. The fourth-order valence-corrected chi connectivity index (χ4v) is 2.48. The highest BCUT2D eigenvalue weighted by molar-refractivity contribution is 6.35. The number of carboxylic acid groups (broad SMARTS) is 2. The maximum atomic E-state index is 12.5. The highest BCUT2D eigenvalue weighted by atomic mass is 16.4. The molecule has 0 atom stereocenters. The summed E-state index contributed by atoms with van der Waals surface area (Å²) in [5.74, 6) is -5.01. The van der Waals surface area contributed by atoms with Crippen molar-refractivity contribution >= 4 is 29.4 Å². The van der Waals surface area contributed by atoms with Gasteiger partial charge in [-0.15, -0.1) is 0 Å². The molecule has 0 unspecified atom stereocenters. The number of para-hydroxylation sites is 1. The van der Waals surface area contributed by atoms with Crippen LogP contribution in [0.5, 0.6) is 5.75 Å². The number of carbonyl (C=O) groups is 4. The van der Waals surface area contributed by atoms with Crippen LogP contribution in [0.1, 0.15) is 41.4 Å². The zero-order valence-corrected chi connectivity index (χ0v) is 11.9. The molecule has 3 N–H and O–H groups in total. The topological polar surface area (TPSA) is 132 Å². The number of nitrogens with zero attached hydrogens (tertiary/aromatic N) is 1. The molecule has 0 fully saturated rings. The molecule has 0 aliphatic carbocycles. The third-order valence-electron chi connectivity index (χ3n) is 3.62. The van der Waals surface area contributed by atoms with Crippen molar-refractivity contribution in [3.05, 3.63) is 58.7 Å². The molecule has 8 heteroatoms. The lowest BCUT2D eigenvalue weighted by Crippen LogP contribution is -2.29. The number of carbonyl (C=O) groups excluding carboxylic acids is 2. The molecule has 0 spiro atoms. The van der Waals surface area contributed by atoms with Crippen molar-refractivity contribution in [2.45, 2.75) is 0 Å². The first-order valence-electron chi connectivity index (χ1n) is 6.64. The Labute approximate surface area is 134 Å². The van der Waals surface area contributed by atoms with Crippen LogP contribution < -0.4 is 4.90 Å². The van der Waals surface area contributed by atoms with E-state index in [0.717, 1.165) is 12.1 Å². The van der Waals surface area contributed by atoms with Gasteiger partial charge >= 0.3 is 11.9 Å². The molecule has 0 radical (unpaired) electrons. The average Bonchev–Trinajstić information content (AvgIpc) is 2.78. The van der Waals surface area contributed by atoms with E-state index >= 15 is 0 Å². The molecule has 8 nitrogen and oxygen atoms in total. The summed E-state index contributed by atoms with van der Waals surface area (Å²) in [6.45, 7) is 0. The summed E-state index contributed by atoms with van der Waals surface area (Å²) in [5.41, 5.74) is -1.06. The van der Waals surface area contributed by atoms with E-state index in [9.17, 15) is 24.3 Å². The predicted octanol–water partition coefficient (Wildman–Crippen LogP) is 1.59. The standard InChI is InChI=1S/C16H9NO7/c18-12-9(16(23)24)2-1-3-11(12)17-13(19)8-5-4-7(15(21)22)6-10(8)14(17)20/h1-6,18H,(H,21,22)(H,23,24). The summed E-state index contributed by atoms with van der Waals surface area (Å²) in [5, 5.41) is 28.1. The molecule has 2 aromatic rings. The van der Waals surface area contributed by atoms with Gasteiger partial charge in [-0.25, -0.2) is 14.5 Å². The predicted molar refractivity (Wildman–Crippen MR) is 79.6 cm³/mol. The highest BCUT2D eigenvalue weighted by Crippen LogP contribution is 2.36. The summed E-state index contributed by atoms with van der Waals surface area (Å²) in [4.78, 5) is 47.6. The first kappa shape index (κ1) is 15.2. The van der Waals surface area contributed by atoms with Gasteiger partial charge in [0.15, 0.2) is 5.75 Å². The maximum Gasteiger partial charge on any atom is 0.339 e. The molecule has 2 amide bonds. The second kappa shape index (κ2) is 5.20. The molecule has 0 saturated heterocycles. The number of hydrogen-bond acceptors (Lipinski definition) is 5. The Morgan fingerprint density at radius 3 is 2.17 bits per heavy atom. The number of anilines is 1. The van der Waals surface area contributed by atoms with Crippen LogP contribution in [0, 0.1) is 0 Å². The summed E-state index contributed by atoms with van der Waals surface area (Å²) >= 11 is 0. The molecule has 2 aromatic carbocycles. The van der Waals surface area contributed by atoms with Gasteiger partial charge in [-0.05, 0) is 30.3 Å². The number of benzene rings is 2. The number of hydrogen-bond donors (Lipinski definition) is 3. The minimum Gasteiger partial charge on any atom is -0.505 e. The normalized spacial score (nSPS) is 13.1. The first-order chi connectivity index (χ1) is 11.3. The zero-order chi connectivity index (χ0) is 17.6. The van der Waals surface area contributed by atoms with Gasteiger partial charge in [0.1, 0.15) is 5.56 Å². The third-order valence-corrected chi connectivity index (χ3v) is 3.62. The van der Waals surface area contributed by atoms with E-state index < -0.39 is 35.1 Å². The van der Waals surface area contributed by atoms with E-state index in [2.05, 4.69) is 0 Å². The monoisotopic (exact) mass is 327 g/mol. The highest BCUT2D eigenvalue weighted by Gasteiger charge is 2.39. The second-order valence-electron chi connectivity index (χ2n) is 4.99. The first-order valence-corrected chi connectivity index (χ1v) is 6.64. The SMILES string of the molecule is O=C(O)c1ccc2c(c1)C(=O)N(c1cccc(C(=O)O)c1O)C2=O. The Bertz CT molecular complexity index is 932. The Morgan fingerprint density at radius 2 is 1.54 bits per heavy atom. The number of carboxylic acids is 2. The fourth-order valence-electron chi connectivity index (χ4n) is 2.48. The molecule has 1 heterocycles. The van der Waals surface area contributed by atoms with Crippen LogP contribution in [-0.2, 0) is 0 Å². The Balaban J connectivity index is 2.14. The lowest BCUT2D eigenvalue weighted by Gasteiger charge is -2.16. The van der Waals surface area contributed by atoms with Gasteiger partial charge in [0, 0.05) is 0 Å². The van der Waals surface area contributed by atoms with Crippen molar-refractivity contribution in [1.29, 1.82) is 0 Å². The van der Waals surface area contributed by atoms with Crippen LogP contribution in [0.4, 0.5) is 5.69 Å². The number of aromatic carboxylic acids is 2. The Morgan fingerprint density at radius 1 is 0.875 bits per heavy atom. The Hall–Kier alpha value is -3.68. The molecule has 24 heavy (non-hydrogen) atoms. The van der Waals surface area contributed by atoms with Gasteiger partial charge in [0.25, 0.3) is 11.8 Å². The van der Waals surface area contributed by atoms with E-state index in [1.54, 1.807) is 0 Å². The molecular weight excluding hydrogens is 318 g/mol. The van der Waals surface area contributed by atoms with Crippen LogP contribution in [0.15, 0.2) is 36.4 Å². The van der Waals surface area contributed by atoms with Gasteiger partial charge in [0.2, 0.25) is 0 Å². The number of amides is 2. The molecule has 3 rings (SSSR count). The molecule has 1 aliphatic rings. The summed E-state index contributed by atoms with van der Waals surface area (Å²) in [6, 6.07) is 7.09. The number of imide groups is 1. The van der Waals surface area contributed by atoms with E-state index in [1.165, 1.54) is 24.3 Å². The number of phenols is 1. The smallest absolute Gasteiger partial charge is 0.339 e. The van der Waals surface area contributed by atoms with E-state index in [-0.39, 0.29) is 22.4 Å². The lowest BCUT2D eigenvalue weighted by atomic mass is 10.1. The summed E-state index contributed by atoms with van der Waals surface area (Å²) < 4.78 is 0. The van der Waals surface area contributed by atoms with E-state index in [1.807, 2.05) is 0 Å². The van der Waals surface area contributed by atoms with Crippen LogP contribution in [0.25, 0.3) is 0 Å². The van der Waals surface area contributed by atoms with Gasteiger partial charge in [-0.3, -0.25) is 9.59 Å². The minimum atomic E-state index is -1.42. The number of fused-ring (bicyclic) bond motifs is 1. The van der Waals surface area contributed by atoms with Crippen LogP contribution in [0.2, 0.25) is 0 Å².